The number of hydrogen-bond acceptors (Lipinski definition) is 1. The van der Waals surface area contributed by atoms with Crippen LogP contribution in [0.4, 0.5) is 0 Å². The highest BCUT2D eigenvalue weighted by Gasteiger charge is 2.44. The third-order valence-electron chi connectivity index (χ3n) is 5.13. The maximum atomic E-state index is 11.3. The van der Waals surface area contributed by atoms with E-state index in [1.807, 2.05) is 18.2 Å². The van der Waals surface area contributed by atoms with Crippen molar-refractivity contribution in [2.75, 3.05) is 0 Å². The zero-order chi connectivity index (χ0) is 15.0. The highest BCUT2D eigenvalue weighted by Crippen LogP contribution is 2.48. The Labute approximate surface area is 127 Å². The molecule has 0 heterocycles. The second-order valence-corrected chi connectivity index (χ2v) is 6.22. The fraction of sp³-hybridized carbons (Fsp3) is 0.400. The van der Waals surface area contributed by atoms with Gasteiger partial charge in [-0.3, -0.25) is 0 Å². The maximum absolute atomic E-state index is 11.3. The molecule has 1 nitrogen and oxygen atoms in total. The lowest BCUT2D eigenvalue weighted by atomic mass is 9.83. The summed E-state index contributed by atoms with van der Waals surface area (Å²) in [5, 5.41) is 11.3. The van der Waals surface area contributed by atoms with Crippen molar-refractivity contribution in [1.82, 2.24) is 0 Å². The molecule has 1 aliphatic carbocycles. The summed E-state index contributed by atoms with van der Waals surface area (Å²) in [5.41, 5.74) is 5.78. The molecule has 21 heavy (non-hydrogen) atoms. The molecule has 110 valence electrons. The molecule has 0 amide bonds. The van der Waals surface area contributed by atoms with Crippen molar-refractivity contribution in [2.45, 2.75) is 51.6 Å². The number of benzene rings is 2. The molecule has 0 fully saturated rings. The average molecular weight is 280 g/mol. The van der Waals surface area contributed by atoms with Crippen molar-refractivity contribution in [3.63, 3.8) is 0 Å². The average Bonchev–Trinajstić information content (AvgIpc) is 2.80. The molecular formula is C20H24O. The lowest BCUT2D eigenvalue weighted by Gasteiger charge is -2.28. The third kappa shape index (κ3) is 2.20. The first-order valence-corrected chi connectivity index (χ1v) is 8.02. The lowest BCUT2D eigenvalue weighted by molar-refractivity contribution is 0.0249. The molecule has 0 aliphatic heterocycles. The first-order chi connectivity index (χ1) is 10.1. The van der Waals surface area contributed by atoms with Gasteiger partial charge >= 0.3 is 0 Å². The molecule has 2 aromatic carbocycles. The van der Waals surface area contributed by atoms with Crippen LogP contribution >= 0.6 is 0 Å². The standard InChI is InChI=1S/C20H24O/c1-4-15-11-16(5-2)19-13-20(21,14(3)18(19)12-15)17-9-7-6-8-10-17/h6-12,14,21H,4-5,13H2,1-3H3/t14-,20-/m0/s1. The topological polar surface area (TPSA) is 20.2 Å². The Morgan fingerprint density at radius 1 is 1.10 bits per heavy atom. The highest BCUT2D eigenvalue weighted by atomic mass is 16.3. The Bertz CT molecular complexity index is 644. The first kappa shape index (κ1) is 14.3. The summed E-state index contributed by atoms with van der Waals surface area (Å²) in [7, 11) is 0. The van der Waals surface area contributed by atoms with E-state index in [4.69, 9.17) is 0 Å². The summed E-state index contributed by atoms with van der Waals surface area (Å²) >= 11 is 0. The van der Waals surface area contributed by atoms with E-state index in [9.17, 15) is 5.11 Å². The van der Waals surface area contributed by atoms with Gasteiger partial charge in [0.05, 0.1) is 0 Å². The van der Waals surface area contributed by atoms with Gasteiger partial charge in [0.2, 0.25) is 0 Å². The molecule has 1 heteroatoms. The summed E-state index contributed by atoms with van der Waals surface area (Å²) in [6.45, 7) is 6.57. The van der Waals surface area contributed by atoms with Crippen LogP contribution in [0.25, 0.3) is 0 Å². The van der Waals surface area contributed by atoms with Crippen LogP contribution in [-0.4, -0.2) is 5.11 Å². The summed E-state index contributed by atoms with van der Waals surface area (Å²) in [5.74, 6) is 0.145. The molecule has 1 aliphatic rings. The van der Waals surface area contributed by atoms with Crippen LogP contribution in [0.2, 0.25) is 0 Å². The van der Waals surface area contributed by atoms with Gasteiger partial charge in [0.15, 0.2) is 0 Å². The van der Waals surface area contributed by atoms with Crippen molar-refractivity contribution in [1.29, 1.82) is 0 Å². The van der Waals surface area contributed by atoms with Crippen LogP contribution in [0.1, 0.15) is 54.5 Å². The normalized spacial score (nSPS) is 24.1. The van der Waals surface area contributed by atoms with Gasteiger partial charge in [-0.2, -0.15) is 0 Å². The van der Waals surface area contributed by atoms with Crippen molar-refractivity contribution in [3.05, 3.63) is 70.3 Å². The van der Waals surface area contributed by atoms with Crippen LogP contribution in [0.5, 0.6) is 0 Å². The van der Waals surface area contributed by atoms with Crippen molar-refractivity contribution >= 4 is 0 Å². The molecule has 2 atom stereocenters. The number of aryl methyl sites for hydroxylation is 2. The summed E-state index contributed by atoms with van der Waals surface area (Å²) < 4.78 is 0. The molecule has 3 rings (SSSR count). The van der Waals surface area contributed by atoms with E-state index < -0.39 is 5.60 Å². The zero-order valence-electron chi connectivity index (χ0n) is 13.2. The fourth-order valence-corrected chi connectivity index (χ4v) is 3.71. The van der Waals surface area contributed by atoms with Crippen molar-refractivity contribution in [3.8, 4) is 0 Å². The molecule has 0 saturated heterocycles. The summed E-state index contributed by atoms with van der Waals surface area (Å²) in [6, 6.07) is 14.8. The van der Waals surface area contributed by atoms with Gasteiger partial charge in [0.25, 0.3) is 0 Å². The Hall–Kier alpha value is -1.60. The Balaban J connectivity index is 2.12. The Kier molecular flexibility index (Phi) is 3.62. The minimum absolute atomic E-state index is 0.145. The molecule has 2 aromatic rings. The quantitative estimate of drug-likeness (QED) is 0.885. The van der Waals surface area contributed by atoms with Gasteiger partial charge in [0.1, 0.15) is 5.60 Å². The van der Waals surface area contributed by atoms with Crippen molar-refractivity contribution < 1.29 is 5.11 Å². The van der Waals surface area contributed by atoms with Gasteiger partial charge in [-0.25, -0.2) is 0 Å². The molecule has 0 saturated carbocycles. The van der Waals surface area contributed by atoms with E-state index in [1.165, 1.54) is 22.3 Å². The smallest absolute Gasteiger partial charge is 0.100 e. The van der Waals surface area contributed by atoms with Gasteiger partial charge < -0.3 is 5.11 Å². The lowest BCUT2D eigenvalue weighted by Crippen LogP contribution is -2.29. The number of aliphatic hydroxyl groups is 1. The molecule has 1 N–H and O–H groups in total. The van der Waals surface area contributed by atoms with Crippen LogP contribution in [-0.2, 0) is 24.9 Å². The minimum atomic E-state index is -0.764. The monoisotopic (exact) mass is 280 g/mol. The molecule has 0 bridgehead atoms. The van der Waals surface area contributed by atoms with E-state index in [-0.39, 0.29) is 5.92 Å². The Morgan fingerprint density at radius 2 is 1.81 bits per heavy atom. The van der Waals surface area contributed by atoms with E-state index in [0.717, 1.165) is 24.8 Å². The number of hydrogen-bond donors (Lipinski definition) is 1. The number of rotatable bonds is 3. The van der Waals surface area contributed by atoms with Gasteiger partial charge in [0, 0.05) is 12.3 Å². The molecule has 0 aromatic heterocycles. The molecule has 0 radical (unpaired) electrons. The predicted molar refractivity (Wildman–Crippen MR) is 87.7 cm³/mol. The summed E-state index contributed by atoms with van der Waals surface area (Å²) in [6.07, 6.45) is 2.82. The SMILES string of the molecule is CCc1cc(CC)c2c(c1)[C@H](C)[C@](O)(c1ccccc1)C2. The molecule has 0 unspecified atom stereocenters. The fourth-order valence-electron chi connectivity index (χ4n) is 3.71. The van der Waals surface area contributed by atoms with Crippen LogP contribution in [0.15, 0.2) is 42.5 Å². The molecular weight excluding hydrogens is 256 g/mol. The minimum Gasteiger partial charge on any atom is -0.384 e. The maximum Gasteiger partial charge on any atom is 0.100 e. The van der Waals surface area contributed by atoms with Gasteiger partial charge in [-0.05, 0) is 40.7 Å². The van der Waals surface area contributed by atoms with Crippen LogP contribution < -0.4 is 0 Å². The van der Waals surface area contributed by atoms with E-state index in [0.29, 0.717) is 0 Å². The van der Waals surface area contributed by atoms with Crippen molar-refractivity contribution in [2.24, 2.45) is 0 Å². The van der Waals surface area contributed by atoms with E-state index in [2.05, 4.69) is 45.0 Å². The third-order valence-corrected chi connectivity index (χ3v) is 5.13. The highest BCUT2D eigenvalue weighted by molar-refractivity contribution is 5.49. The van der Waals surface area contributed by atoms with Gasteiger partial charge in [-0.15, -0.1) is 0 Å². The Morgan fingerprint density at radius 3 is 2.43 bits per heavy atom. The van der Waals surface area contributed by atoms with E-state index >= 15 is 0 Å². The molecule has 0 spiro atoms. The zero-order valence-corrected chi connectivity index (χ0v) is 13.2. The first-order valence-electron chi connectivity index (χ1n) is 8.02. The predicted octanol–water partition coefficient (Wildman–Crippen LogP) is 4.36. The second-order valence-electron chi connectivity index (χ2n) is 6.22. The largest absolute Gasteiger partial charge is 0.384 e. The summed E-state index contributed by atoms with van der Waals surface area (Å²) in [4.78, 5) is 0. The number of fused-ring (bicyclic) bond motifs is 1. The van der Waals surface area contributed by atoms with Crippen LogP contribution in [0.3, 0.4) is 0 Å². The van der Waals surface area contributed by atoms with Gasteiger partial charge in [-0.1, -0.05) is 63.2 Å². The van der Waals surface area contributed by atoms with E-state index in [1.54, 1.807) is 0 Å². The van der Waals surface area contributed by atoms with Crippen LogP contribution in [0, 0.1) is 0 Å². The second kappa shape index (κ2) is 5.31.